The zero-order chi connectivity index (χ0) is 20.5. The molecular formula is C22H35IN6O. The monoisotopic (exact) mass is 526 g/mol. The van der Waals surface area contributed by atoms with Gasteiger partial charge in [0.15, 0.2) is 5.96 Å². The van der Waals surface area contributed by atoms with Crippen molar-refractivity contribution in [1.29, 1.82) is 0 Å². The molecule has 2 heterocycles. The van der Waals surface area contributed by atoms with Crippen molar-refractivity contribution in [3.8, 4) is 5.75 Å². The summed E-state index contributed by atoms with van der Waals surface area (Å²) in [6.07, 6.45) is 8.60. The van der Waals surface area contributed by atoms with E-state index in [0.717, 1.165) is 50.7 Å². The highest BCUT2D eigenvalue weighted by Crippen LogP contribution is 2.26. The van der Waals surface area contributed by atoms with E-state index in [1.807, 2.05) is 37.1 Å². The van der Waals surface area contributed by atoms with E-state index >= 15 is 0 Å². The third-order valence-electron chi connectivity index (χ3n) is 5.46. The van der Waals surface area contributed by atoms with Crippen LogP contribution in [0.5, 0.6) is 5.75 Å². The highest BCUT2D eigenvalue weighted by atomic mass is 127. The van der Waals surface area contributed by atoms with Crippen LogP contribution in [0.3, 0.4) is 0 Å². The summed E-state index contributed by atoms with van der Waals surface area (Å²) < 4.78 is 7.16. The Kier molecular flexibility index (Phi) is 10.4. The standard InChI is InChI=1S/C22H34N6O.HI/c1-23-22(24-12-6-7-18-15-26-27(2)17-18)25-16-21(28-13-4-5-14-28)19-8-10-20(29-3)11-9-19;/h8-11,15,17,21H,4-7,12-14,16H2,1-3H3,(H2,23,24,25);1H. The van der Waals surface area contributed by atoms with Crippen molar-refractivity contribution < 1.29 is 4.74 Å². The summed E-state index contributed by atoms with van der Waals surface area (Å²) in [7, 11) is 5.49. The van der Waals surface area contributed by atoms with E-state index in [1.165, 1.54) is 24.0 Å². The van der Waals surface area contributed by atoms with Gasteiger partial charge in [0, 0.05) is 33.4 Å². The lowest BCUT2D eigenvalue weighted by Gasteiger charge is -2.29. The van der Waals surface area contributed by atoms with Crippen LogP contribution in [0.2, 0.25) is 0 Å². The van der Waals surface area contributed by atoms with Crippen LogP contribution in [0, 0.1) is 0 Å². The Hall–Kier alpha value is -1.81. The van der Waals surface area contributed by atoms with Gasteiger partial charge in [-0.15, -0.1) is 24.0 Å². The van der Waals surface area contributed by atoms with Gasteiger partial charge >= 0.3 is 0 Å². The minimum atomic E-state index is 0. The van der Waals surface area contributed by atoms with Crippen molar-refractivity contribution in [2.75, 3.05) is 40.3 Å². The molecule has 8 heteroatoms. The average molecular weight is 526 g/mol. The van der Waals surface area contributed by atoms with Gasteiger partial charge in [-0.25, -0.2) is 0 Å². The maximum atomic E-state index is 5.31. The molecule has 1 aromatic heterocycles. The fraction of sp³-hybridized carbons (Fsp3) is 0.545. The van der Waals surface area contributed by atoms with E-state index < -0.39 is 0 Å². The number of aryl methyl sites for hydroxylation is 2. The van der Waals surface area contributed by atoms with Gasteiger partial charge < -0.3 is 15.4 Å². The summed E-state index contributed by atoms with van der Waals surface area (Å²) in [5, 5.41) is 11.2. The fourth-order valence-electron chi connectivity index (χ4n) is 3.85. The molecule has 0 radical (unpaired) electrons. The molecule has 1 atom stereocenters. The molecule has 0 saturated carbocycles. The molecule has 0 amide bonds. The van der Waals surface area contributed by atoms with Crippen LogP contribution in [0.4, 0.5) is 0 Å². The average Bonchev–Trinajstić information content (AvgIpc) is 3.42. The first-order valence-electron chi connectivity index (χ1n) is 10.5. The SMILES string of the molecule is CN=C(NCCCc1cnn(C)c1)NCC(c1ccc(OC)cc1)N1CCCC1.I. The third kappa shape index (κ3) is 7.16. The van der Waals surface area contributed by atoms with E-state index in [2.05, 4.69) is 44.0 Å². The van der Waals surface area contributed by atoms with Gasteiger partial charge in [-0.05, 0) is 62.0 Å². The first-order valence-corrected chi connectivity index (χ1v) is 10.5. The number of methoxy groups -OCH3 is 1. The second kappa shape index (κ2) is 12.8. The van der Waals surface area contributed by atoms with Crippen molar-refractivity contribution >= 4 is 29.9 Å². The minimum Gasteiger partial charge on any atom is -0.497 e. The van der Waals surface area contributed by atoms with Crippen LogP contribution in [0.25, 0.3) is 0 Å². The number of nitrogens with one attached hydrogen (secondary N) is 2. The second-order valence-electron chi connectivity index (χ2n) is 7.54. The Morgan fingerprint density at radius 3 is 2.53 bits per heavy atom. The van der Waals surface area contributed by atoms with E-state index in [9.17, 15) is 0 Å². The van der Waals surface area contributed by atoms with Gasteiger partial charge in [0.1, 0.15) is 5.75 Å². The van der Waals surface area contributed by atoms with Gasteiger partial charge in [-0.2, -0.15) is 5.10 Å². The Balaban J connectivity index is 0.00000320. The number of benzene rings is 1. The normalized spacial score (nSPS) is 15.5. The number of likely N-dealkylation sites (tertiary alicyclic amines) is 1. The van der Waals surface area contributed by atoms with Gasteiger partial charge in [-0.3, -0.25) is 14.6 Å². The lowest BCUT2D eigenvalue weighted by atomic mass is 10.1. The molecule has 30 heavy (non-hydrogen) atoms. The highest BCUT2D eigenvalue weighted by Gasteiger charge is 2.23. The number of guanidine groups is 1. The Morgan fingerprint density at radius 1 is 1.20 bits per heavy atom. The Labute approximate surface area is 197 Å². The molecule has 2 aromatic rings. The molecule has 1 saturated heterocycles. The van der Waals surface area contributed by atoms with Crippen LogP contribution >= 0.6 is 24.0 Å². The molecule has 166 valence electrons. The predicted octanol–water partition coefficient (Wildman–Crippen LogP) is 2.98. The van der Waals surface area contributed by atoms with Crippen molar-refractivity contribution in [2.24, 2.45) is 12.0 Å². The lowest BCUT2D eigenvalue weighted by molar-refractivity contribution is 0.245. The molecule has 1 fully saturated rings. The van der Waals surface area contributed by atoms with Gasteiger partial charge in [0.25, 0.3) is 0 Å². The van der Waals surface area contributed by atoms with Crippen LogP contribution in [0.15, 0.2) is 41.7 Å². The number of hydrogen-bond donors (Lipinski definition) is 2. The summed E-state index contributed by atoms with van der Waals surface area (Å²) in [5.41, 5.74) is 2.58. The molecule has 1 unspecified atom stereocenters. The molecule has 3 rings (SSSR count). The molecule has 7 nitrogen and oxygen atoms in total. The zero-order valence-electron chi connectivity index (χ0n) is 18.3. The van der Waals surface area contributed by atoms with Crippen LogP contribution in [-0.2, 0) is 13.5 Å². The molecule has 0 bridgehead atoms. The number of aliphatic imine (C=N–C) groups is 1. The summed E-state index contributed by atoms with van der Waals surface area (Å²) in [6.45, 7) is 4.01. The highest BCUT2D eigenvalue weighted by molar-refractivity contribution is 14.0. The van der Waals surface area contributed by atoms with E-state index in [1.54, 1.807) is 7.11 Å². The second-order valence-corrected chi connectivity index (χ2v) is 7.54. The summed E-state index contributed by atoms with van der Waals surface area (Å²) >= 11 is 0. The largest absolute Gasteiger partial charge is 0.497 e. The van der Waals surface area contributed by atoms with E-state index in [0.29, 0.717) is 6.04 Å². The van der Waals surface area contributed by atoms with E-state index in [4.69, 9.17) is 4.74 Å². The molecule has 1 aromatic carbocycles. The third-order valence-corrected chi connectivity index (χ3v) is 5.46. The molecule has 0 spiro atoms. The number of aromatic nitrogens is 2. The molecule has 0 aliphatic carbocycles. The van der Waals surface area contributed by atoms with Crippen molar-refractivity contribution in [3.63, 3.8) is 0 Å². The maximum Gasteiger partial charge on any atom is 0.191 e. The molecular weight excluding hydrogens is 491 g/mol. The molecule has 1 aliphatic rings. The number of halogens is 1. The topological polar surface area (TPSA) is 66.7 Å². The predicted molar refractivity (Wildman–Crippen MR) is 133 cm³/mol. The molecule has 1 aliphatic heterocycles. The zero-order valence-corrected chi connectivity index (χ0v) is 20.6. The van der Waals surface area contributed by atoms with E-state index in [-0.39, 0.29) is 24.0 Å². The lowest BCUT2D eigenvalue weighted by Crippen LogP contribution is -2.43. The summed E-state index contributed by atoms with van der Waals surface area (Å²) in [5.74, 6) is 1.75. The van der Waals surface area contributed by atoms with Crippen molar-refractivity contribution in [3.05, 3.63) is 47.8 Å². The van der Waals surface area contributed by atoms with Gasteiger partial charge in [0.2, 0.25) is 0 Å². The first kappa shape index (κ1) is 24.5. The van der Waals surface area contributed by atoms with Gasteiger partial charge in [-0.1, -0.05) is 12.1 Å². The van der Waals surface area contributed by atoms with Crippen molar-refractivity contribution in [1.82, 2.24) is 25.3 Å². The van der Waals surface area contributed by atoms with Crippen LogP contribution < -0.4 is 15.4 Å². The quantitative estimate of drug-likeness (QED) is 0.228. The maximum absolute atomic E-state index is 5.31. The molecule has 2 N–H and O–H groups in total. The number of nitrogens with zero attached hydrogens (tertiary/aromatic N) is 4. The summed E-state index contributed by atoms with van der Waals surface area (Å²) in [6, 6.07) is 8.77. The fourth-order valence-corrected chi connectivity index (χ4v) is 3.85. The van der Waals surface area contributed by atoms with Crippen LogP contribution in [-0.4, -0.2) is 61.0 Å². The number of hydrogen-bond acceptors (Lipinski definition) is 4. The van der Waals surface area contributed by atoms with Crippen LogP contribution in [0.1, 0.15) is 36.4 Å². The smallest absolute Gasteiger partial charge is 0.191 e. The van der Waals surface area contributed by atoms with Crippen molar-refractivity contribution in [2.45, 2.75) is 31.7 Å². The Morgan fingerprint density at radius 2 is 1.93 bits per heavy atom. The minimum absolute atomic E-state index is 0. The Bertz CT molecular complexity index is 770. The first-order chi connectivity index (χ1) is 14.2. The number of rotatable bonds is 9. The summed E-state index contributed by atoms with van der Waals surface area (Å²) in [4.78, 5) is 6.96. The van der Waals surface area contributed by atoms with Gasteiger partial charge in [0.05, 0.1) is 19.3 Å². The number of ether oxygens (including phenoxy) is 1.